The minimum Gasteiger partial charge on any atom is -0.310 e. The monoisotopic (exact) mass is 342 g/mol. The van der Waals surface area contributed by atoms with E-state index in [1.165, 1.54) is 22.9 Å². The molecule has 0 aliphatic rings. The third-order valence-corrected chi connectivity index (χ3v) is 3.87. The fourth-order valence-corrected chi connectivity index (χ4v) is 2.47. The summed E-state index contributed by atoms with van der Waals surface area (Å²) in [6, 6.07) is 11.8. The maximum atomic E-state index is 12.3. The Hall–Kier alpha value is -2.86. The average molecular weight is 343 g/mol. The molecule has 1 amide bonds. The molecule has 2 aromatic heterocycles. The highest BCUT2D eigenvalue weighted by Gasteiger charge is 2.10. The molecular formula is C17H15ClN4O2. The standard InChI is InChI=1S/C17H15ClN4O2/c1-21-9-8-15(20-21)19-17(24)13-6-7-16(23)22(11-13)10-12-4-2-3-5-14(12)18/h2-9,11H,10H2,1H3,(H,19,20,24). The summed E-state index contributed by atoms with van der Waals surface area (Å²) in [5.74, 6) is 0.118. The van der Waals surface area contributed by atoms with E-state index in [0.717, 1.165) is 5.56 Å². The van der Waals surface area contributed by atoms with Crippen molar-refractivity contribution in [3.8, 4) is 0 Å². The molecule has 0 radical (unpaired) electrons. The van der Waals surface area contributed by atoms with Crippen LogP contribution in [0.1, 0.15) is 15.9 Å². The number of pyridine rings is 1. The average Bonchev–Trinajstić information content (AvgIpc) is 2.96. The molecule has 0 aliphatic heterocycles. The fraction of sp³-hybridized carbons (Fsp3) is 0.118. The predicted octanol–water partition coefficient (Wildman–Crippen LogP) is 2.54. The van der Waals surface area contributed by atoms with E-state index in [1.807, 2.05) is 18.2 Å². The molecule has 6 nitrogen and oxygen atoms in total. The van der Waals surface area contributed by atoms with Crippen molar-refractivity contribution in [3.63, 3.8) is 0 Å². The Balaban J connectivity index is 1.84. The first-order chi connectivity index (χ1) is 11.5. The summed E-state index contributed by atoms with van der Waals surface area (Å²) < 4.78 is 3.04. The topological polar surface area (TPSA) is 68.9 Å². The molecule has 0 saturated carbocycles. The highest BCUT2D eigenvalue weighted by Crippen LogP contribution is 2.15. The van der Waals surface area contributed by atoms with Gasteiger partial charge in [-0.3, -0.25) is 14.3 Å². The fourth-order valence-electron chi connectivity index (χ4n) is 2.27. The van der Waals surface area contributed by atoms with E-state index in [2.05, 4.69) is 10.4 Å². The quantitative estimate of drug-likeness (QED) is 0.792. The molecule has 1 aromatic carbocycles. The van der Waals surface area contributed by atoms with Crippen LogP contribution >= 0.6 is 11.6 Å². The van der Waals surface area contributed by atoms with E-state index in [0.29, 0.717) is 22.9 Å². The second-order valence-corrected chi connectivity index (χ2v) is 5.71. The van der Waals surface area contributed by atoms with Gasteiger partial charge in [-0.25, -0.2) is 0 Å². The minimum atomic E-state index is -0.332. The highest BCUT2D eigenvalue weighted by molar-refractivity contribution is 6.31. The zero-order valence-electron chi connectivity index (χ0n) is 12.9. The van der Waals surface area contributed by atoms with Crippen molar-refractivity contribution >= 4 is 23.3 Å². The molecule has 0 spiro atoms. The number of carbonyl (C=O) groups is 1. The van der Waals surface area contributed by atoms with Crippen molar-refractivity contribution < 1.29 is 4.79 Å². The molecule has 24 heavy (non-hydrogen) atoms. The zero-order chi connectivity index (χ0) is 17.1. The molecule has 0 saturated heterocycles. The lowest BCUT2D eigenvalue weighted by molar-refractivity contribution is 0.102. The van der Waals surface area contributed by atoms with Gasteiger partial charge < -0.3 is 9.88 Å². The van der Waals surface area contributed by atoms with E-state index in [-0.39, 0.29) is 11.5 Å². The normalized spacial score (nSPS) is 10.6. The minimum absolute atomic E-state index is 0.204. The van der Waals surface area contributed by atoms with E-state index in [9.17, 15) is 9.59 Å². The van der Waals surface area contributed by atoms with Crippen LogP contribution in [0.15, 0.2) is 59.7 Å². The van der Waals surface area contributed by atoms with Crippen molar-refractivity contribution in [1.82, 2.24) is 14.3 Å². The van der Waals surface area contributed by atoms with Crippen molar-refractivity contribution in [2.24, 2.45) is 7.05 Å². The number of aromatic nitrogens is 3. The Kier molecular flexibility index (Phi) is 4.48. The molecule has 3 rings (SSSR count). The van der Waals surface area contributed by atoms with Gasteiger partial charge in [0.15, 0.2) is 5.82 Å². The van der Waals surface area contributed by atoms with Crippen molar-refractivity contribution in [2.45, 2.75) is 6.54 Å². The number of nitrogens with zero attached hydrogens (tertiary/aromatic N) is 3. The molecule has 0 unspecified atom stereocenters. The molecule has 0 bridgehead atoms. The summed E-state index contributed by atoms with van der Waals surface area (Å²) in [5, 5.41) is 7.36. The maximum Gasteiger partial charge on any atom is 0.258 e. The van der Waals surface area contributed by atoms with E-state index < -0.39 is 0 Å². The van der Waals surface area contributed by atoms with E-state index in [1.54, 1.807) is 30.1 Å². The SMILES string of the molecule is Cn1ccc(NC(=O)c2ccc(=O)n(Cc3ccccc3Cl)c2)n1. The summed E-state index contributed by atoms with van der Waals surface area (Å²) in [6.07, 6.45) is 3.25. The number of aryl methyl sites for hydroxylation is 1. The lowest BCUT2D eigenvalue weighted by Crippen LogP contribution is -2.22. The van der Waals surface area contributed by atoms with Gasteiger partial charge in [0.25, 0.3) is 11.5 Å². The Labute approximate surface area is 143 Å². The molecule has 0 aliphatic carbocycles. The first-order valence-corrected chi connectivity index (χ1v) is 7.65. The Morgan fingerprint density at radius 3 is 2.71 bits per heavy atom. The third-order valence-electron chi connectivity index (χ3n) is 3.50. The molecule has 0 atom stereocenters. The highest BCUT2D eigenvalue weighted by atomic mass is 35.5. The van der Waals surface area contributed by atoms with Crippen molar-refractivity contribution in [1.29, 1.82) is 0 Å². The van der Waals surface area contributed by atoms with Gasteiger partial charge >= 0.3 is 0 Å². The number of rotatable bonds is 4. The number of carbonyl (C=O) groups excluding carboxylic acids is 1. The summed E-state index contributed by atoms with van der Waals surface area (Å²) in [5.41, 5.74) is 0.972. The van der Waals surface area contributed by atoms with Crippen LogP contribution < -0.4 is 10.9 Å². The summed E-state index contributed by atoms with van der Waals surface area (Å²) >= 11 is 6.13. The smallest absolute Gasteiger partial charge is 0.258 e. The second-order valence-electron chi connectivity index (χ2n) is 5.30. The van der Waals surface area contributed by atoms with Crippen LogP contribution in [0.2, 0.25) is 5.02 Å². The van der Waals surface area contributed by atoms with Crippen LogP contribution in [0.5, 0.6) is 0 Å². The van der Waals surface area contributed by atoms with Crippen LogP contribution in [0.25, 0.3) is 0 Å². The van der Waals surface area contributed by atoms with Crippen LogP contribution in [0, 0.1) is 0 Å². The van der Waals surface area contributed by atoms with Gasteiger partial charge in [0.05, 0.1) is 12.1 Å². The lowest BCUT2D eigenvalue weighted by Gasteiger charge is -2.09. The third kappa shape index (κ3) is 3.55. The van der Waals surface area contributed by atoms with Crippen molar-refractivity contribution in [3.05, 3.63) is 81.4 Å². The maximum absolute atomic E-state index is 12.3. The number of hydrogen-bond donors (Lipinski definition) is 1. The van der Waals surface area contributed by atoms with Crippen LogP contribution in [-0.2, 0) is 13.6 Å². The molecular weight excluding hydrogens is 328 g/mol. The molecule has 122 valence electrons. The van der Waals surface area contributed by atoms with Gasteiger partial charge in [-0.2, -0.15) is 5.10 Å². The molecule has 7 heteroatoms. The van der Waals surface area contributed by atoms with Gasteiger partial charge in [-0.1, -0.05) is 29.8 Å². The number of nitrogens with one attached hydrogen (secondary N) is 1. The largest absolute Gasteiger partial charge is 0.310 e. The van der Waals surface area contributed by atoms with E-state index >= 15 is 0 Å². The summed E-state index contributed by atoms with van der Waals surface area (Å²) in [4.78, 5) is 24.3. The molecule has 2 heterocycles. The second kappa shape index (κ2) is 6.72. The molecule has 3 aromatic rings. The Bertz CT molecular complexity index is 946. The van der Waals surface area contributed by atoms with Gasteiger partial charge in [0.1, 0.15) is 0 Å². The van der Waals surface area contributed by atoms with Crippen LogP contribution in [0.4, 0.5) is 5.82 Å². The number of anilines is 1. The van der Waals surface area contributed by atoms with Gasteiger partial charge in [0, 0.05) is 36.6 Å². The zero-order valence-corrected chi connectivity index (χ0v) is 13.7. The van der Waals surface area contributed by atoms with Gasteiger partial charge in [-0.15, -0.1) is 0 Å². The lowest BCUT2D eigenvalue weighted by atomic mass is 10.2. The van der Waals surface area contributed by atoms with Crippen LogP contribution in [-0.4, -0.2) is 20.3 Å². The number of amides is 1. The Morgan fingerprint density at radius 2 is 2.00 bits per heavy atom. The van der Waals surface area contributed by atoms with Gasteiger partial charge in [-0.05, 0) is 17.7 Å². The number of benzene rings is 1. The molecule has 1 N–H and O–H groups in total. The first kappa shape index (κ1) is 16.0. The van der Waals surface area contributed by atoms with Gasteiger partial charge in [0.2, 0.25) is 0 Å². The Morgan fingerprint density at radius 1 is 1.21 bits per heavy atom. The number of halogens is 1. The van der Waals surface area contributed by atoms with E-state index in [4.69, 9.17) is 11.6 Å². The van der Waals surface area contributed by atoms with Crippen LogP contribution in [0.3, 0.4) is 0 Å². The van der Waals surface area contributed by atoms with Crippen molar-refractivity contribution in [2.75, 3.05) is 5.32 Å². The first-order valence-electron chi connectivity index (χ1n) is 7.28. The summed E-state index contributed by atoms with van der Waals surface area (Å²) in [6.45, 7) is 0.295. The molecule has 0 fully saturated rings. The predicted molar refractivity (Wildman–Crippen MR) is 92.4 cm³/mol. The number of hydrogen-bond acceptors (Lipinski definition) is 3. The summed E-state index contributed by atoms with van der Waals surface area (Å²) in [7, 11) is 1.76.